The average molecular weight is 463 g/mol. The lowest BCUT2D eigenvalue weighted by molar-refractivity contribution is -0.141. The molecule has 0 aromatic heterocycles. The van der Waals surface area contributed by atoms with Crippen LogP contribution in [-0.4, -0.2) is 28.3 Å². The van der Waals surface area contributed by atoms with Crippen molar-refractivity contribution >= 4 is 35.0 Å². The van der Waals surface area contributed by atoms with Crippen LogP contribution in [0, 0.1) is 13.8 Å². The summed E-state index contributed by atoms with van der Waals surface area (Å²) in [5.41, 5.74) is 3.32. The highest BCUT2D eigenvalue weighted by atomic mass is 35.5. The van der Waals surface area contributed by atoms with Crippen LogP contribution in [-0.2, 0) is 22.6 Å². The maximum Gasteiger partial charge on any atom is 0.243 e. The summed E-state index contributed by atoms with van der Waals surface area (Å²) in [6, 6.07) is 10.7. The molecular weight excluding hydrogens is 431 g/mol. The number of hydrogen-bond donors (Lipinski definition) is 1. The van der Waals surface area contributed by atoms with Crippen LogP contribution < -0.4 is 5.32 Å². The van der Waals surface area contributed by atoms with Gasteiger partial charge in [-0.3, -0.25) is 9.59 Å². The first-order valence-electron chi connectivity index (χ1n) is 10.5. The third kappa shape index (κ3) is 6.98. The van der Waals surface area contributed by atoms with Crippen molar-refractivity contribution in [1.82, 2.24) is 10.2 Å². The quantitative estimate of drug-likeness (QED) is 0.558. The van der Waals surface area contributed by atoms with Crippen LogP contribution in [0.25, 0.3) is 0 Å². The predicted molar refractivity (Wildman–Crippen MR) is 129 cm³/mol. The number of benzene rings is 2. The molecule has 0 aliphatic carbocycles. The van der Waals surface area contributed by atoms with Crippen LogP contribution in [0.5, 0.6) is 0 Å². The molecule has 4 nitrogen and oxygen atoms in total. The fourth-order valence-corrected chi connectivity index (χ4v) is 4.00. The van der Waals surface area contributed by atoms with Crippen molar-refractivity contribution in [3.8, 4) is 0 Å². The third-order valence-corrected chi connectivity index (χ3v) is 5.83. The molecule has 168 valence electrons. The normalized spacial score (nSPS) is 12.4. The number of rotatable bonds is 7. The van der Waals surface area contributed by atoms with Crippen molar-refractivity contribution in [3.63, 3.8) is 0 Å². The minimum Gasteiger partial charge on any atom is -0.350 e. The Hall–Kier alpha value is -2.04. The Labute approximate surface area is 195 Å². The van der Waals surface area contributed by atoms with E-state index >= 15 is 0 Å². The highest BCUT2D eigenvalue weighted by molar-refractivity contribution is 6.36. The largest absolute Gasteiger partial charge is 0.350 e. The van der Waals surface area contributed by atoms with E-state index in [0.717, 1.165) is 16.7 Å². The highest BCUT2D eigenvalue weighted by Crippen LogP contribution is 2.27. The highest BCUT2D eigenvalue weighted by Gasteiger charge is 2.31. The molecule has 0 spiro atoms. The average Bonchev–Trinajstić information content (AvgIpc) is 2.65. The van der Waals surface area contributed by atoms with E-state index in [2.05, 4.69) is 5.32 Å². The van der Waals surface area contributed by atoms with Crippen LogP contribution >= 0.6 is 23.2 Å². The summed E-state index contributed by atoms with van der Waals surface area (Å²) >= 11 is 12.8. The molecule has 2 aromatic rings. The number of aryl methyl sites for hydroxylation is 2. The van der Waals surface area contributed by atoms with E-state index in [0.29, 0.717) is 22.0 Å². The lowest BCUT2D eigenvalue weighted by Crippen LogP contribution is -2.53. The van der Waals surface area contributed by atoms with Gasteiger partial charge in [-0.05, 0) is 64.3 Å². The van der Waals surface area contributed by atoms with Crippen LogP contribution in [0.1, 0.15) is 56.4 Å². The van der Waals surface area contributed by atoms with E-state index in [-0.39, 0.29) is 24.8 Å². The summed E-state index contributed by atoms with van der Waals surface area (Å²) in [6.07, 6.45) is 0.678. The minimum atomic E-state index is -0.635. The minimum absolute atomic E-state index is 0.138. The van der Waals surface area contributed by atoms with Crippen molar-refractivity contribution < 1.29 is 9.59 Å². The van der Waals surface area contributed by atoms with Gasteiger partial charge in [0.15, 0.2) is 0 Å². The van der Waals surface area contributed by atoms with E-state index in [1.165, 1.54) is 0 Å². The maximum absolute atomic E-state index is 13.5. The SMILES string of the molecule is CC[C@H](C(=O)NC(C)(C)C)N(Cc1c(Cl)cccc1Cl)C(=O)Cc1cc(C)ccc1C. The van der Waals surface area contributed by atoms with Crippen LogP contribution in [0.2, 0.25) is 10.0 Å². The number of nitrogens with one attached hydrogen (secondary N) is 1. The summed E-state index contributed by atoms with van der Waals surface area (Å²) in [5, 5.41) is 3.96. The summed E-state index contributed by atoms with van der Waals surface area (Å²) in [4.78, 5) is 28.2. The monoisotopic (exact) mass is 462 g/mol. The van der Waals surface area contributed by atoms with E-state index in [1.54, 1.807) is 23.1 Å². The molecule has 6 heteroatoms. The van der Waals surface area contributed by atoms with Crippen LogP contribution in [0.3, 0.4) is 0 Å². The molecule has 0 aliphatic heterocycles. The van der Waals surface area contributed by atoms with Crippen molar-refractivity contribution in [1.29, 1.82) is 0 Å². The first-order valence-corrected chi connectivity index (χ1v) is 11.3. The molecule has 0 bridgehead atoms. The van der Waals surface area contributed by atoms with Gasteiger partial charge in [0.2, 0.25) is 11.8 Å². The number of halogens is 2. The van der Waals surface area contributed by atoms with Gasteiger partial charge in [0, 0.05) is 27.7 Å². The standard InChI is InChI=1S/C25H32Cl2N2O2/c1-7-22(24(31)28-25(4,5)6)29(15-19-20(26)9-8-10-21(19)27)23(30)14-18-13-16(2)11-12-17(18)3/h8-13,22H,7,14-15H2,1-6H3,(H,28,31)/t22-/m1/s1. The zero-order chi connectivity index (χ0) is 23.3. The predicted octanol–water partition coefficient (Wildman–Crippen LogP) is 5.87. The molecule has 0 saturated heterocycles. The zero-order valence-corrected chi connectivity index (χ0v) is 20.7. The number of nitrogens with zero attached hydrogens (tertiary/aromatic N) is 1. The van der Waals surface area contributed by atoms with E-state index < -0.39 is 11.6 Å². The first kappa shape index (κ1) is 25.2. The van der Waals surface area contributed by atoms with Gasteiger partial charge in [0.05, 0.1) is 6.42 Å². The van der Waals surface area contributed by atoms with Gasteiger partial charge in [0.25, 0.3) is 0 Å². The number of carbonyl (C=O) groups is 2. The Balaban J connectivity index is 2.43. The smallest absolute Gasteiger partial charge is 0.243 e. The Morgan fingerprint density at radius 1 is 1.06 bits per heavy atom. The lowest BCUT2D eigenvalue weighted by atomic mass is 10.0. The Bertz CT molecular complexity index is 931. The van der Waals surface area contributed by atoms with Gasteiger partial charge in [-0.15, -0.1) is 0 Å². The van der Waals surface area contributed by atoms with Gasteiger partial charge in [-0.25, -0.2) is 0 Å². The van der Waals surface area contributed by atoms with Crippen molar-refractivity contribution in [2.75, 3.05) is 0 Å². The van der Waals surface area contributed by atoms with Gasteiger partial charge >= 0.3 is 0 Å². The van der Waals surface area contributed by atoms with Crippen molar-refractivity contribution in [2.24, 2.45) is 0 Å². The second-order valence-corrected chi connectivity index (χ2v) is 9.81. The molecule has 2 aromatic carbocycles. The van der Waals surface area contributed by atoms with E-state index in [1.807, 2.05) is 59.7 Å². The molecule has 0 heterocycles. The summed E-state index contributed by atoms with van der Waals surface area (Å²) in [5.74, 6) is -0.326. The molecular formula is C25H32Cl2N2O2. The molecule has 2 amide bonds. The Morgan fingerprint density at radius 2 is 1.68 bits per heavy atom. The lowest BCUT2D eigenvalue weighted by Gasteiger charge is -2.33. The molecule has 0 unspecified atom stereocenters. The van der Waals surface area contributed by atoms with Crippen LogP contribution in [0.15, 0.2) is 36.4 Å². The second-order valence-electron chi connectivity index (χ2n) is 8.99. The molecule has 0 saturated carbocycles. The molecule has 2 rings (SSSR count). The molecule has 1 N–H and O–H groups in total. The molecule has 31 heavy (non-hydrogen) atoms. The summed E-state index contributed by atoms with van der Waals surface area (Å²) in [7, 11) is 0. The topological polar surface area (TPSA) is 49.4 Å². The Kier molecular flexibility index (Phi) is 8.56. The van der Waals surface area contributed by atoms with Gasteiger partial charge in [0.1, 0.15) is 6.04 Å². The van der Waals surface area contributed by atoms with Gasteiger partial charge < -0.3 is 10.2 Å². The van der Waals surface area contributed by atoms with Crippen molar-refractivity contribution in [3.05, 3.63) is 68.7 Å². The first-order chi connectivity index (χ1) is 14.4. The summed E-state index contributed by atoms with van der Waals surface area (Å²) < 4.78 is 0. The number of hydrogen-bond acceptors (Lipinski definition) is 2. The van der Waals surface area contributed by atoms with Gasteiger partial charge in [-0.1, -0.05) is 60.0 Å². The van der Waals surface area contributed by atoms with Gasteiger partial charge in [-0.2, -0.15) is 0 Å². The number of amides is 2. The third-order valence-electron chi connectivity index (χ3n) is 5.12. The molecule has 0 aliphatic rings. The number of carbonyl (C=O) groups excluding carboxylic acids is 2. The van der Waals surface area contributed by atoms with Crippen molar-refractivity contribution in [2.45, 2.75) is 72.5 Å². The van der Waals surface area contributed by atoms with E-state index in [4.69, 9.17) is 23.2 Å². The second kappa shape index (κ2) is 10.5. The fraction of sp³-hybridized carbons (Fsp3) is 0.440. The molecule has 1 atom stereocenters. The fourth-order valence-electron chi connectivity index (χ4n) is 3.48. The van der Waals surface area contributed by atoms with Crippen LogP contribution in [0.4, 0.5) is 0 Å². The molecule has 0 fully saturated rings. The van der Waals surface area contributed by atoms with E-state index in [9.17, 15) is 9.59 Å². The Morgan fingerprint density at radius 3 is 2.23 bits per heavy atom. The zero-order valence-electron chi connectivity index (χ0n) is 19.2. The molecule has 0 radical (unpaired) electrons. The summed E-state index contributed by atoms with van der Waals surface area (Å²) in [6.45, 7) is 11.8. The maximum atomic E-state index is 13.5.